The van der Waals surface area contributed by atoms with Gasteiger partial charge in [0, 0.05) is 5.92 Å². The first kappa shape index (κ1) is 22.0. The lowest BCUT2D eigenvalue weighted by atomic mass is 9.88. The zero-order valence-electron chi connectivity index (χ0n) is 19.4. The number of hydrogen-bond donors (Lipinski definition) is 1. The summed E-state index contributed by atoms with van der Waals surface area (Å²) in [6.07, 6.45) is 5.09. The van der Waals surface area contributed by atoms with Crippen molar-refractivity contribution >= 4 is 11.7 Å². The monoisotopic (exact) mass is 429 g/mol. The van der Waals surface area contributed by atoms with Crippen LogP contribution in [0.4, 0.5) is 5.82 Å². The summed E-state index contributed by atoms with van der Waals surface area (Å²) in [5.41, 5.74) is 5.75. The van der Waals surface area contributed by atoms with Gasteiger partial charge in [-0.15, -0.1) is 0 Å². The Morgan fingerprint density at radius 3 is 2.28 bits per heavy atom. The summed E-state index contributed by atoms with van der Waals surface area (Å²) in [6.45, 7) is 7.85. The van der Waals surface area contributed by atoms with Gasteiger partial charge in [0.1, 0.15) is 11.5 Å². The molecule has 1 aliphatic carbocycles. The van der Waals surface area contributed by atoms with Gasteiger partial charge in [-0.25, -0.2) is 4.68 Å². The number of nitrogens with zero attached hydrogens (tertiary/aromatic N) is 2. The van der Waals surface area contributed by atoms with Crippen LogP contribution in [-0.2, 0) is 4.79 Å². The van der Waals surface area contributed by atoms with Gasteiger partial charge in [-0.2, -0.15) is 5.10 Å². The molecule has 1 fully saturated rings. The van der Waals surface area contributed by atoms with E-state index in [1.165, 1.54) is 12.0 Å². The fraction of sp³-hybridized carbons (Fsp3) is 0.370. The van der Waals surface area contributed by atoms with E-state index in [1.807, 2.05) is 49.4 Å². The second kappa shape index (κ2) is 9.11. The van der Waals surface area contributed by atoms with E-state index in [0.717, 1.165) is 48.1 Å². The number of aryl methyl sites for hydroxylation is 4. The van der Waals surface area contributed by atoms with E-state index in [1.54, 1.807) is 11.6 Å². The maximum Gasteiger partial charge on any atom is 0.228 e. The molecule has 0 bridgehead atoms. The van der Waals surface area contributed by atoms with Crippen molar-refractivity contribution in [3.63, 3.8) is 0 Å². The molecule has 1 N–H and O–H groups in total. The average Bonchev–Trinajstić information content (AvgIpc) is 2.79. The average molecular weight is 430 g/mol. The zero-order valence-corrected chi connectivity index (χ0v) is 19.4. The molecule has 5 nitrogen and oxygen atoms in total. The first-order chi connectivity index (χ1) is 15.3. The number of carbonyl (C=O) groups is 1. The van der Waals surface area contributed by atoms with Gasteiger partial charge in [0.05, 0.1) is 11.3 Å². The molecule has 1 aromatic heterocycles. The molecule has 0 atom stereocenters. The first-order valence-electron chi connectivity index (χ1n) is 11.4. The standard InChI is InChI=1S/C27H31N3O2/c1-17-10-13-21(14-11-17)24-25(31)20(4)29-30(23-15-12-18(2)19(3)16-23)26(24)28-27(32)22-8-6-5-7-9-22/h10-16,22H,5-9H2,1-4H3,(H,28,32). The number of carbonyl (C=O) groups excluding carboxylic acids is 1. The van der Waals surface area contributed by atoms with E-state index in [4.69, 9.17) is 0 Å². The van der Waals surface area contributed by atoms with Crippen LogP contribution in [0, 0.1) is 33.6 Å². The summed E-state index contributed by atoms with van der Waals surface area (Å²) in [7, 11) is 0. The lowest BCUT2D eigenvalue weighted by Gasteiger charge is -2.23. The van der Waals surface area contributed by atoms with Crippen LogP contribution in [0.25, 0.3) is 16.8 Å². The van der Waals surface area contributed by atoms with Crippen LogP contribution in [0.5, 0.6) is 0 Å². The quantitative estimate of drug-likeness (QED) is 0.583. The molecular formula is C27H31N3O2. The van der Waals surface area contributed by atoms with E-state index in [0.29, 0.717) is 17.1 Å². The van der Waals surface area contributed by atoms with E-state index in [9.17, 15) is 9.59 Å². The highest BCUT2D eigenvalue weighted by Crippen LogP contribution is 2.30. The molecule has 4 rings (SSSR count). The third-order valence-corrected chi connectivity index (χ3v) is 6.55. The Morgan fingerprint density at radius 2 is 1.62 bits per heavy atom. The maximum atomic E-state index is 13.3. The predicted octanol–water partition coefficient (Wildman–Crippen LogP) is 5.65. The predicted molar refractivity (Wildman–Crippen MR) is 129 cm³/mol. The van der Waals surface area contributed by atoms with Crippen LogP contribution in [-0.4, -0.2) is 15.7 Å². The van der Waals surface area contributed by atoms with Crippen LogP contribution in [0.15, 0.2) is 47.3 Å². The van der Waals surface area contributed by atoms with E-state index in [2.05, 4.69) is 24.3 Å². The zero-order chi connectivity index (χ0) is 22.8. The Hall–Kier alpha value is -3.21. The topological polar surface area (TPSA) is 64.0 Å². The van der Waals surface area contributed by atoms with Crippen LogP contribution >= 0.6 is 0 Å². The van der Waals surface area contributed by atoms with Gasteiger partial charge in [0.25, 0.3) is 0 Å². The molecule has 0 saturated heterocycles. The van der Waals surface area contributed by atoms with Crippen LogP contribution in [0.2, 0.25) is 0 Å². The normalized spacial score (nSPS) is 14.4. The molecule has 1 heterocycles. The van der Waals surface area contributed by atoms with Crippen LogP contribution in [0.1, 0.15) is 54.5 Å². The number of nitrogens with one attached hydrogen (secondary N) is 1. The Labute approximate surface area is 189 Å². The summed E-state index contributed by atoms with van der Waals surface area (Å²) in [4.78, 5) is 26.6. The van der Waals surface area contributed by atoms with Crippen molar-refractivity contribution in [3.05, 3.63) is 75.1 Å². The van der Waals surface area contributed by atoms with Crippen molar-refractivity contribution in [1.82, 2.24) is 9.78 Å². The minimum absolute atomic E-state index is 0.0271. The molecule has 5 heteroatoms. The molecule has 3 aromatic rings. The molecular weight excluding hydrogens is 398 g/mol. The fourth-order valence-corrected chi connectivity index (χ4v) is 4.37. The lowest BCUT2D eigenvalue weighted by molar-refractivity contribution is -0.120. The fourth-order valence-electron chi connectivity index (χ4n) is 4.37. The molecule has 0 radical (unpaired) electrons. The minimum atomic E-state index is -0.159. The minimum Gasteiger partial charge on any atom is -0.310 e. The van der Waals surface area contributed by atoms with E-state index in [-0.39, 0.29) is 17.3 Å². The van der Waals surface area contributed by atoms with Crippen LogP contribution < -0.4 is 10.7 Å². The highest BCUT2D eigenvalue weighted by atomic mass is 16.2. The molecule has 0 aliphatic heterocycles. The molecule has 1 saturated carbocycles. The van der Waals surface area contributed by atoms with Crippen molar-refractivity contribution in [2.24, 2.45) is 5.92 Å². The summed E-state index contributed by atoms with van der Waals surface area (Å²) in [6, 6.07) is 13.9. The maximum absolute atomic E-state index is 13.3. The van der Waals surface area contributed by atoms with Crippen LogP contribution in [0.3, 0.4) is 0 Å². The Kier molecular flexibility index (Phi) is 6.26. The highest BCUT2D eigenvalue weighted by Gasteiger charge is 2.25. The second-order valence-electron chi connectivity index (χ2n) is 9.01. The molecule has 0 unspecified atom stereocenters. The summed E-state index contributed by atoms with van der Waals surface area (Å²) in [5, 5.41) is 7.73. The third-order valence-electron chi connectivity index (χ3n) is 6.55. The van der Waals surface area contributed by atoms with Crippen molar-refractivity contribution in [1.29, 1.82) is 0 Å². The van der Waals surface area contributed by atoms with Crippen molar-refractivity contribution in [2.75, 3.05) is 5.32 Å². The number of benzene rings is 2. The van der Waals surface area contributed by atoms with E-state index < -0.39 is 0 Å². The lowest BCUT2D eigenvalue weighted by Crippen LogP contribution is -2.29. The molecule has 1 aliphatic rings. The Morgan fingerprint density at radius 1 is 0.938 bits per heavy atom. The number of anilines is 1. The second-order valence-corrected chi connectivity index (χ2v) is 9.01. The Balaban J connectivity index is 1.92. The number of aromatic nitrogens is 2. The summed E-state index contributed by atoms with van der Waals surface area (Å²) >= 11 is 0. The molecule has 166 valence electrons. The van der Waals surface area contributed by atoms with Gasteiger partial charge >= 0.3 is 0 Å². The third kappa shape index (κ3) is 4.38. The Bertz CT molecular complexity index is 1200. The molecule has 32 heavy (non-hydrogen) atoms. The van der Waals surface area contributed by atoms with Gasteiger partial charge in [-0.05, 0) is 69.4 Å². The molecule has 2 aromatic carbocycles. The number of rotatable bonds is 4. The van der Waals surface area contributed by atoms with Gasteiger partial charge in [0.2, 0.25) is 11.3 Å². The van der Waals surface area contributed by atoms with Crippen molar-refractivity contribution in [2.45, 2.75) is 59.8 Å². The van der Waals surface area contributed by atoms with E-state index >= 15 is 0 Å². The first-order valence-corrected chi connectivity index (χ1v) is 11.4. The SMILES string of the molecule is Cc1ccc(-c2c(NC(=O)C3CCCCC3)n(-c3ccc(C)c(C)c3)nc(C)c2=O)cc1. The summed E-state index contributed by atoms with van der Waals surface area (Å²) in [5.74, 6) is 0.392. The summed E-state index contributed by atoms with van der Waals surface area (Å²) < 4.78 is 1.72. The largest absolute Gasteiger partial charge is 0.310 e. The number of hydrogen-bond acceptors (Lipinski definition) is 3. The van der Waals surface area contributed by atoms with Gasteiger partial charge < -0.3 is 5.32 Å². The van der Waals surface area contributed by atoms with Crippen molar-refractivity contribution < 1.29 is 4.79 Å². The molecule has 1 amide bonds. The highest BCUT2D eigenvalue weighted by molar-refractivity contribution is 5.96. The van der Waals surface area contributed by atoms with Crippen molar-refractivity contribution in [3.8, 4) is 16.8 Å². The van der Waals surface area contributed by atoms with Gasteiger partial charge in [-0.1, -0.05) is 55.2 Å². The smallest absolute Gasteiger partial charge is 0.228 e. The molecule has 0 spiro atoms. The van der Waals surface area contributed by atoms with Gasteiger partial charge in [-0.3, -0.25) is 9.59 Å². The van der Waals surface area contributed by atoms with Gasteiger partial charge in [0.15, 0.2) is 0 Å². The number of amides is 1.